The van der Waals surface area contributed by atoms with E-state index in [0.717, 1.165) is 0 Å². The molecule has 4 nitrogen and oxygen atoms in total. The predicted molar refractivity (Wildman–Crippen MR) is 45.2 cm³/mol. The predicted octanol–water partition coefficient (Wildman–Crippen LogP) is 0.723. The Morgan fingerprint density at radius 2 is 2.38 bits per heavy atom. The summed E-state index contributed by atoms with van der Waals surface area (Å²) in [7, 11) is 0. The van der Waals surface area contributed by atoms with Crippen LogP contribution in [0.5, 0.6) is 0 Å². The molecule has 0 radical (unpaired) electrons. The largest absolute Gasteiger partial charge is 0.480 e. The second-order valence-corrected chi connectivity index (χ2v) is 3.53. The van der Waals surface area contributed by atoms with Crippen LogP contribution < -0.4 is 5.73 Å². The van der Waals surface area contributed by atoms with Crippen molar-refractivity contribution in [2.75, 3.05) is 0 Å². The molecule has 0 bridgehead atoms. The van der Waals surface area contributed by atoms with Gasteiger partial charge in [0.2, 0.25) is 0 Å². The smallest absolute Gasteiger partial charge is 0.317 e. The lowest BCUT2D eigenvalue weighted by Gasteiger charge is -2.40. The van der Waals surface area contributed by atoms with Crippen molar-refractivity contribution in [1.29, 1.82) is 0 Å². The number of hydrogen-bond donors (Lipinski definition) is 2. The minimum absolute atomic E-state index is 0.0128. The van der Waals surface area contributed by atoms with Gasteiger partial charge in [0.1, 0.15) is 11.2 Å². The highest BCUT2D eigenvalue weighted by Crippen LogP contribution is 2.43. The first-order valence-electron chi connectivity index (χ1n) is 4.18. The molecule has 0 amide bonds. The highest BCUT2D eigenvalue weighted by molar-refractivity contribution is 5.82. The van der Waals surface area contributed by atoms with Crippen LogP contribution in [0.4, 0.5) is 0 Å². The molecule has 3 N–H and O–H groups in total. The lowest BCUT2D eigenvalue weighted by atomic mass is 9.64. The maximum absolute atomic E-state index is 11.0. The molecule has 1 aromatic heterocycles. The number of furan rings is 1. The summed E-state index contributed by atoms with van der Waals surface area (Å²) >= 11 is 0. The van der Waals surface area contributed by atoms with Gasteiger partial charge in [-0.25, -0.2) is 0 Å². The lowest BCUT2D eigenvalue weighted by molar-refractivity contribution is -0.149. The summed E-state index contributed by atoms with van der Waals surface area (Å²) in [6, 6.07) is 3.38. The van der Waals surface area contributed by atoms with Gasteiger partial charge in [-0.1, -0.05) is 0 Å². The maximum Gasteiger partial charge on any atom is 0.317 e. The molecule has 0 unspecified atom stereocenters. The molecule has 1 saturated carbocycles. The van der Waals surface area contributed by atoms with Gasteiger partial charge in [-0.05, 0) is 25.0 Å². The fourth-order valence-corrected chi connectivity index (χ4v) is 1.87. The Morgan fingerprint density at radius 3 is 2.77 bits per heavy atom. The molecule has 70 valence electrons. The van der Waals surface area contributed by atoms with Crippen LogP contribution in [0.2, 0.25) is 0 Å². The quantitative estimate of drug-likeness (QED) is 0.704. The van der Waals surface area contributed by atoms with Crippen molar-refractivity contribution < 1.29 is 14.3 Å². The number of carboxylic acid groups (broad SMARTS) is 1. The van der Waals surface area contributed by atoms with E-state index in [0.29, 0.717) is 18.6 Å². The zero-order valence-corrected chi connectivity index (χ0v) is 7.06. The first-order chi connectivity index (χ1) is 6.15. The van der Waals surface area contributed by atoms with Crippen molar-refractivity contribution in [3.63, 3.8) is 0 Å². The SMILES string of the molecule is NC1CC(C(=O)O)(c2ccco2)C1. The Bertz CT molecular complexity index is 312. The third-order valence-corrected chi connectivity index (χ3v) is 2.62. The summed E-state index contributed by atoms with van der Waals surface area (Å²) in [4.78, 5) is 11.0. The van der Waals surface area contributed by atoms with Crippen molar-refractivity contribution in [2.45, 2.75) is 24.3 Å². The number of rotatable bonds is 2. The standard InChI is InChI=1S/C9H11NO3/c10-6-4-9(5-6,8(11)12)7-2-1-3-13-7/h1-3,6H,4-5,10H2,(H,11,12). The van der Waals surface area contributed by atoms with Gasteiger partial charge in [0, 0.05) is 6.04 Å². The second kappa shape index (κ2) is 2.60. The van der Waals surface area contributed by atoms with E-state index in [4.69, 9.17) is 15.3 Å². The van der Waals surface area contributed by atoms with E-state index >= 15 is 0 Å². The summed E-state index contributed by atoms with van der Waals surface area (Å²) in [6.45, 7) is 0. The summed E-state index contributed by atoms with van der Waals surface area (Å²) in [5, 5.41) is 9.06. The number of nitrogens with two attached hydrogens (primary N) is 1. The normalized spacial score (nSPS) is 32.5. The Hall–Kier alpha value is -1.29. The van der Waals surface area contributed by atoms with E-state index in [1.165, 1.54) is 6.26 Å². The Morgan fingerprint density at radius 1 is 1.69 bits per heavy atom. The molecule has 2 rings (SSSR count). The van der Waals surface area contributed by atoms with E-state index in [2.05, 4.69) is 0 Å². The topological polar surface area (TPSA) is 76.5 Å². The molecular weight excluding hydrogens is 170 g/mol. The first-order valence-corrected chi connectivity index (χ1v) is 4.18. The van der Waals surface area contributed by atoms with Gasteiger partial charge in [-0.3, -0.25) is 4.79 Å². The van der Waals surface area contributed by atoms with Crippen LogP contribution in [-0.2, 0) is 10.2 Å². The molecular formula is C9H11NO3. The van der Waals surface area contributed by atoms with Gasteiger partial charge in [-0.2, -0.15) is 0 Å². The Labute approximate surface area is 75.3 Å². The Balaban J connectivity index is 2.31. The molecule has 1 aliphatic carbocycles. The third kappa shape index (κ3) is 1.06. The summed E-state index contributed by atoms with van der Waals surface area (Å²) < 4.78 is 5.11. The van der Waals surface area contributed by atoms with Crippen LogP contribution in [0.1, 0.15) is 18.6 Å². The third-order valence-electron chi connectivity index (χ3n) is 2.62. The number of aliphatic carboxylic acids is 1. The van der Waals surface area contributed by atoms with Crippen molar-refractivity contribution in [3.05, 3.63) is 24.2 Å². The molecule has 0 spiro atoms. The van der Waals surface area contributed by atoms with Gasteiger partial charge < -0.3 is 15.3 Å². The molecule has 0 atom stereocenters. The second-order valence-electron chi connectivity index (χ2n) is 3.53. The molecule has 0 aliphatic heterocycles. The minimum atomic E-state index is -0.858. The van der Waals surface area contributed by atoms with Gasteiger partial charge in [-0.15, -0.1) is 0 Å². The average molecular weight is 181 g/mol. The minimum Gasteiger partial charge on any atom is -0.480 e. The lowest BCUT2D eigenvalue weighted by Crippen LogP contribution is -2.53. The van der Waals surface area contributed by atoms with Gasteiger partial charge in [0.05, 0.1) is 6.26 Å². The van der Waals surface area contributed by atoms with Crippen LogP contribution in [-0.4, -0.2) is 17.1 Å². The summed E-state index contributed by atoms with van der Waals surface area (Å²) in [5.74, 6) is -0.328. The molecule has 0 aromatic carbocycles. The molecule has 1 heterocycles. The summed E-state index contributed by atoms with van der Waals surface area (Å²) in [5.41, 5.74) is 4.73. The fourth-order valence-electron chi connectivity index (χ4n) is 1.87. The van der Waals surface area contributed by atoms with E-state index < -0.39 is 11.4 Å². The highest BCUT2D eigenvalue weighted by atomic mass is 16.4. The van der Waals surface area contributed by atoms with E-state index in [1.54, 1.807) is 12.1 Å². The molecule has 1 aliphatic rings. The maximum atomic E-state index is 11.0. The van der Waals surface area contributed by atoms with Crippen LogP contribution >= 0.6 is 0 Å². The van der Waals surface area contributed by atoms with Crippen molar-refractivity contribution in [1.82, 2.24) is 0 Å². The van der Waals surface area contributed by atoms with Crippen LogP contribution in [0.15, 0.2) is 22.8 Å². The zero-order chi connectivity index (χ0) is 9.47. The van der Waals surface area contributed by atoms with Gasteiger partial charge in [0.15, 0.2) is 0 Å². The first kappa shape index (κ1) is 8.31. The summed E-state index contributed by atoms with van der Waals surface area (Å²) in [6.07, 6.45) is 2.43. The van der Waals surface area contributed by atoms with Crippen molar-refractivity contribution >= 4 is 5.97 Å². The zero-order valence-electron chi connectivity index (χ0n) is 7.06. The van der Waals surface area contributed by atoms with Crippen molar-refractivity contribution in [2.24, 2.45) is 5.73 Å². The molecule has 1 aromatic rings. The number of carbonyl (C=O) groups is 1. The molecule has 1 fully saturated rings. The van der Waals surface area contributed by atoms with E-state index in [1.807, 2.05) is 0 Å². The van der Waals surface area contributed by atoms with Crippen molar-refractivity contribution in [3.8, 4) is 0 Å². The van der Waals surface area contributed by atoms with E-state index in [9.17, 15) is 4.79 Å². The number of hydrogen-bond acceptors (Lipinski definition) is 3. The fraction of sp³-hybridized carbons (Fsp3) is 0.444. The van der Waals surface area contributed by atoms with Crippen LogP contribution in [0, 0.1) is 0 Å². The molecule has 4 heteroatoms. The molecule has 0 saturated heterocycles. The average Bonchev–Trinajstić information content (AvgIpc) is 2.49. The monoisotopic (exact) mass is 181 g/mol. The molecule has 13 heavy (non-hydrogen) atoms. The number of carboxylic acids is 1. The highest BCUT2D eigenvalue weighted by Gasteiger charge is 2.52. The van der Waals surface area contributed by atoms with E-state index in [-0.39, 0.29) is 6.04 Å². The Kier molecular flexibility index (Phi) is 1.66. The van der Waals surface area contributed by atoms with Crippen LogP contribution in [0.25, 0.3) is 0 Å². The van der Waals surface area contributed by atoms with Crippen LogP contribution in [0.3, 0.4) is 0 Å². The van der Waals surface area contributed by atoms with Gasteiger partial charge in [0.25, 0.3) is 0 Å². The van der Waals surface area contributed by atoms with Gasteiger partial charge >= 0.3 is 5.97 Å².